The lowest BCUT2D eigenvalue weighted by Gasteiger charge is -2.42. The van der Waals surface area contributed by atoms with Gasteiger partial charge in [0.05, 0.1) is 25.4 Å². The number of rotatable bonds is 1. The van der Waals surface area contributed by atoms with Crippen LogP contribution in [0.3, 0.4) is 0 Å². The number of piperidine rings is 1. The van der Waals surface area contributed by atoms with E-state index < -0.39 is 0 Å². The minimum absolute atomic E-state index is 0.0856. The van der Waals surface area contributed by atoms with E-state index in [1.165, 1.54) is 0 Å². The normalized spacial score (nSPS) is 27.5. The number of carbonyl (C=O) groups excluding carboxylic acids is 1. The topological polar surface area (TPSA) is 38.8 Å². The molecule has 0 unspecified atom stereocenters. The molecule has 74 valence electrons. The summed E-state index contributed by atoms with van der Waals surface area (Å²) in [5.41, 5.74) is -0.0856. The van der Waals surface area contributed by atoms with Crippen molar-refractivity contribution < 1.29 is 14.3 Å². The Morgan fingerprint density at radius 3 is 2.54 bits per heavy atom. The largest absolute Gasteiger partial charge is 0.376 e. The van der Waals surface area contributed by atoms with E-state index in [2.05, 4.69) is 0 Å². The number of hydrogen-bond donors (Lipinski definition) is 0. The van der Waals surface area contributed by atoms with Crippen LogP contribution in [0.15, 0.2) is 0 Å². The summed E-state index contributed by atoms with van der Waals surface area (Å²) in [4.78, 5) is 12.3. The van der Waals surface area contributed by atoms with Crippen molar-refractivity contribution in [3.8, 4) is 0 Å². The van der Waals surface area contributed by atoms with Crippen molar-refractivity contribution in [2.45, 2.75) is 18.4 Å². The van der Waals surface area contributed by atoms with Crippen LogP contribution in [0.5, 0.6) is 0 Å². The Kier molecular flexibility index (Phi) is 2.51. The van der Waals surface area contributed by atoms with Gasteiger partial charge in [0.2, 0.25) is 6.41 Å². The molecular weight excluding hydrogens is 170 g/mol. The average molecular weight is 185 g/mol. The van der Waals surface area contributed by atoms with Crippen molar-refractivity contribution in [1.82, 2.24) is 4.90 Å². The average Bonchev–Trinajstić information content (AvgIpc) is 2.20. The van der Waals surface area contributed by atoms with E-state index in [-0.39, 0.29) is 5.60 Å². The Balaban J connectivity index is 1.91. The first-order valence-corrected chi connectivity index (χ1v) is 4.76. The molecule has 2 aliphatic heterocycles. The van der Waals surface area contributed by atoms with E-state index in [1.807, 2.05) is 0 Å². The summed E-state index contributed by atoms with van der Waals surface area (Å²) >= 11 is 0. The van der Waals surface area contributed by atoms with Gasteiger partial charge in [-0.25, -0.2) is 0 Å². The molecule has 0 aliphatic carbocycles. The van der Waals surface area contributed by atoms with Gasteiger partial charge in [-0.05, 0) is 12.8 Å². The molecule has 2 rings (SSSR count). The third kappa shape index (κ3) is 1.84. The Hall–Kier alpha value is -0.610. The standard InChI is InChI=1S/C9H15NO3/c11-8-10-3-1-9(2-4-10)7-12-5-6-13-9/h8H,1-7H2. The monoisotopic (exact) mass is 185 g/mol. The van der Waals surface area contributed by atoms with Crippen LogP contribution in [-0.4, -0.2) is 49.8 Å². The van der Waals surface area contributed by atoms with Crippen molar-refractivity contribution in [3.63, 3.8) is 0 Å². The van der Waals surface area contributed by atoms with Crippen molar-refractivity contribution in [3.05, 3.63) is 0 Å². The molecule has 2 aliphatic rings. The fourth-order valence-corrected chi connectivity index (χ4v) is 1.94. The zero-order valence-corrected chi connectivity index (χ0v) is 7.70. The van der Waals surface area contributed by atoms with E-state index in [1.54, 1.807) is 4.90 Å². The second kappa shape index (κ2) is 3.64. The minimum Gasteiger partial charge on any atom is -0.376 e. The molecule has 0 saturated carbocycles. The van der Waals surface area contributed by atoms with E-state index in [4.69, 9.17) is 9.47 Å². The number of amides is 1. The van der Waals surface area contributed by atoms with Gasteiger partial charge in [0.1, 0.15) is 0 Å². The van der Waals surface area contributed by atoms with E-state index >= 15 is 0 Å². The predicted molar refractivity (Wildman–Crippen MR) is 46.4 cm³/mol. The molecule has 0 aromatic heterocycles. The predicted octanol–water partition coefficient (Wildman–Crippen LogP) is 0.0242. The van der Waals surface area contributed by atoms with Crippen LogP contribution >= 0.6 is 0 Å². The SMILES string of the molecule is O=CN1CCC2(CC1)COCCO2. The van der Waals surface area contributed by atoms with Crippen molar-refractivity contribution >= 4 is 6.41 Å². The van der Waals surface area contributed by atoms with Crippen molar-refractivity contribution in [2.24, 2.45) is 0 Å². The van der Waals surface area contributed by atoms with Crippen LogP contribution in [-0.2, 0) is 14.3 Å². The first-order valence-electron chi connectivity index (χ1n) is 4.76. The van der Waals surface area contributed by atoms with Gasteiger partial charge >= 0.3 is 0 Å². The maximum atomic E-state index is 10.5. The van der Waals surface area contributed by atoms with Gasteiger partial charge in [0, 0.05) is 13.1 Å². The van der Waals surface area contributed by atoms with E-state index in [9.17, 15) is 4.79 Å². The first-order chi connectivity index (χ1) is 6.35. The fraction of sp³-hybridized carbons (Fsp3) is 0.889. The number of ether oxygens (including phenoxy) is 2. The maximum Gasteiger partial charge on any atom is 0.209 e. The zero-order valence-electron chi connectivity index (χ0n) is 7.70. The molecule has 0 radical (unpaired) electrons. The summed E-state index contributed by atoms with van der Waals surface area (Å²) in [6.45, 7) is 3.69. The third-order valence-corrected chi connectivity index (χ3v) is 2.86. The van der Waals surface area contributed by atoms with Gasteiger partial charge in [0.15, 0.2) is 0 Å². The Morgan fingerprint density at radius 2 is 2.00 bits per heavy atom. The lowest BCUT2D eigenvalue weighted by Crippen LogP contribution is -2.51. The number of carbonyl (C=O) groups is 1. The second-order valence-electron chi connectivity index (χ2n) is 3.73. The highest BCUT2D eigenvalue weighted by Crippen LogP contribution is 2.28. The molecule has 2 fully saturated rings. The highest BCUT2D eigenvalue weighted by Gasteiger charge is 2.37. The quantitative estimate of drug-likeness (QED) is 0.541. The van der Waals surface area contributed by atoms with Crippen molar-refractivity contribution in [2.75, 3.05) is 32.9 Å². The van der Waals surface area contributed by atoms with Crippen LogP contribution in [0.1, 0.15) is 12.8 Å². The molecule has 4 nitrogen and oxygen atoms in total. The Morgan fingerprint density at radius 1 is 1.23 bits per heavy atom. The van der Waals surface area contributed by atoms with Gasteiger partial charge in [-0.2, -0.15) is 0 Å². The zero-order chi connectivity index (χ0) is 9.15. The summed E-state index contributed by atoms with van der Waals surface area (Å²) in [7, 11) is 0. The summed E-state index contributed by atoms with van der Waals surface area (Å²) in [5.74, 6) is 0. The molecule has 2 saturated heterocycles. The van der Waals surface area contributed by atoms with Gasteiger partial charge in [-0.1, -0.05) is 0 Å². The summed E-state index contributed by atoms with van der Waals surface area (Å²) in [6, 6.07) is 0. The maximum absolute atomic E-state index is 10.5. The molecular formula is C9H15NO3. The second-order valence-corrected chi connectivity index (χ2v) is 3.73. The Labute approximate surface area is 77.8 Å². The molecule has 0 bridgehead atoms. The minimum atomic E-state index is -0.0856. The molecule has 2 heterocycles. The number of nitrogens with zero attached hydrogens (tertiary/aromatic N) is 1. The first kappa shape index (κ1) is 8.97. The van der Waals surface area contributed by atoms with E-state index in [0.29, 0.717) is 19.8 Å². The van der Waals surface area contributed by atoms with Gasteiger partial charge in [-0.3, -0.25) is 4.79 Å². The molecule has 0 atom stereocenters. The summed E-state index contributed by atoms with van der Waals surface area (Å²) < 4.78 is 11.1. The van der Waals surface area contributed by atoms with Crippen LogP contribution in [0.4, 0.5) is 0 Å². The van der Waals surface area contributed by atoms with Crippen molar-refractivity contribution in [1.29, 1.82) is 0 Å². The molecule has 0 aromatic rings. The van der Waals surface area contributed by atoms with Crippen LogP contribution in [0, 0.1) is 0 Å². The highest BCUT2D eigenvalue weighted by atomic mass is 16.6. The highest BCUT2D eigenvalue weighted by molar-refractivity contribution is 5.47. The summed E-state index contributed by atoms with van der Waals surface area (Å²) in [6.07, 6.45) is 2.73. The van der Waals surface area contributed by atoms with Crippen LogP contribution in [0.25, 0.3) is 0 Å². The smallest absolute Gasteiger partial charge is 0.209 e. The van der Waals surface area contributed by atoms with Crippen LogP contribution in [0.2, 0.25) is 0 Å². The Bertz CT molecular complexity index is 179. The van der Waals surface area contributed by atoms with Gasteiger partial charge < -0.3 is 14.4 Å². The lowest BCUT2D eigenvalue weighted by atomic mass is 9.92. The van der Waals surface area contributed by atoms with E-state index in [0.717, 1.165) is 32.3 Å². The number of likely N-dealkylation sites (tertiary alicyclic amines) is 1. The number of hydrogen-bond acceptors (Lipinski definition) is 3. The molecule has 1 spiro atoms. The third-order valence-electron chi connectivity index (χ3n) is 2.86. The van der Waals surface area contributed by atoms with Gasteiger partial charge in [-0.15, -0.1) is 0 Å². The molecule has 1 amide bonds. The van der Waals surface area contributed by atoms with Crippen LogP contribution < -0.4 is 0 Å². The molecule has 0 aromatic carbocycles. The van der Waals surface area contributed by atoms with Gasteiger partial charge in [0.25, 0.3) is 0 Å². The molecule has 13 heavy (non-hydrogen) atoms. The molecule has 4 heteroatoms. The fourth-order valence-electron chi connectivity index (χ4n) is 1.94. The summed E-state index contributed by atoms with van der Waals surface area (Å²) in [5, 5.41) is 0. The molecule has 0 N–H and O–H groups in total. The lowest BCUT2D eigenvalue weighted by molar-refractivity contribution is -0.177.